The van der Waals surface area contributed by atoms with Crippen LogP contribution >= 0.6 is 0 Å². The second-order valence-electron chi connectivity index (χ2n) is 4.42. The van der Waals surface area contributed by atoms with E-state index in [1.165, 1.54) is 0 Å². The lowest BCUT2D eigenvalue weighted by atomic mass is 10.1. The second-order valence-corrected chi connectivity index (χ2v) is 4.42. The molecule has 0 rings (SSSR count). The van der Waals surface area contributed by atoms with Crippen molar-refractivity contribution in [1.82, 2.24) is 10.6 Å². The Hall–Kier alpha value is -0.120. The third-order valence-electron chi connectivity index (χ3n) is 1.93. The van der Waals surface area contributed by atoms with Gasteiger partial charge in [0.25, 0.3) is 0 Å². The van der Waals surface area contributed by atoms with E-state index in [4.69, 9.17) is 5.11 Å². The van der Waals surface area contributed by atoms with Crippen LogP contribution in [0.2, 0.25) is 0 Å². The molecule has 0 aromatic rings. The maximum absolute atomic E-state index is 8.90. The van der Waals surface area contributed by atoms with E-state index in [0.29, 0.717) is 0 Å². The zero-order valence-corrected chi connectivity index (χ0v) is 9.35. The van der Waals surface area contributed by atoms with Crippen molar-refractivity contribution in [2.75, 3.05) is 19.7 Å². The first-order chi connectivity index (χ1) is 5.99. The monoisotopic (exact) mass is 188 g/mol. The topological polar surface area (TPSA) is 44.3 Å². The first kappa shape index (κ1) is 12.9. The van der Waals surface area contributed by atoms with Gasteiger partial charge in [0.1, 0.15) is 0 Å². The fourth-order valence-corrected chi connectivity index (χ4v) is 1.05. The van der Waals surface area contributed by atoms with Crippen molar-refractivity contribution in [1.29, 1.82) is 0 Å². The minimum absolute atomic E-state index is 0.183. The highest BCUT2D eigenvalue weighted by atomic mass is 16.3. The molecule has 0 aliphatic heterocycles. The quantitative estimate of drug-likeness (QED) is 0.539. The SMILES string of the molecule is CC[C@H](CO)NCCNC(C)(C)C. The summed E-state index contributed by atoms with van der Waals surface area (Å²) >= 11 is 0. The summed E-state index contributed by atoms with van der Waals surface area (Å²) < 4.78 is 0. The molecule has 0 aliphatic rings. The largest absolute Gasteiger partial charge is 0.395 e. The normalized spacial score (nSPS) is 14.5. The van der Waals surface area contributed by atoms with Gasteiger partial charge in [-0.1, -0.05) is 6.92 Å². The van der Waals surface area contributed by atoms with Crippen molar-refractivity contribution < 1.29 is 5.11 Å². The molecule has 13 heavy (non-hydrogen) atoms. The number of hydrogen-bond acceptors (Lipinski definition) is 3. The number of rotatable bonds is 6. The highest BCUT2D eigenvalue weighted by Gasteiger charge is 2.08. The van der Waals surface area contributed by atoms with Crippen LogP contribution in [0.25, 0.3) is 0 Å². The molecule has 0 aromatic carbocycles. The van der Waals surface area contributed by atoms with E-state index in [1.54, 1.807) is 0 Å². The highest BCUT2D eigenvalue weighted by molar-refractivity contribution is 4.71. The van der Waals surface area contributed by atoms with Crippen molar-refractivity contribution >= 4 is 0 Å². The van der Waals surface area contributed by atoms with E-state index in [-0.39, 0.29) is 18.2 Å². The molecule has 3 heteroatoms. The maximum Gasteiger partial charge on any atom is 0.0584 e. The summed E-state index contributed by atoms with van der Waals surface area (Å²) in [6.07, 6.45) is 0.978. The summed E-state index contributed by atoms with van der Waals surface area (Å²) in [7, 11) is 0. The Labute approximate surface area is 81.9 Å². The number of aliphatic hydroxyl groups excluding tert-OH is 1. The summed E-state index contributed by atoms with van der Waals surface area (Å²) in [6.45, 7) is 10.6. The molecule has 0 fully saturated rings. The highest BCUT2D eigenvalue weighted by Crippen LogP contribution is 1.96. The molecule has 0 aromatic heterocycles. The van der Waals surface area contributed by atoms with E-state index < -0.39 is 0 Å². The van der Waals surface area contributed by atoms with Crippen molar-refractivity contribution in [3.05, 3.63) is 0 Å². The Morgan fingerprint density at radius 3 is 2.23 bits per heavy atom. The van der Waals surface area contributed by atoms with Crippen LogP contribution in [0.4, 0.5) is 0 Å². The minimum Gasteiger partial charge on any atom is -0.395 e. The van der Waals surface area contributed by atoms with Crippen molar-refractivity contribution in [2.24, 2.45) is 0 Å². The minimum atomic E-state index is 0.183. The number of aliphatic hydroxyl groups is 1. The van der Waals surface area contributed by atoms with Gasteiger partial charge in [-0.2, -0.15) is 0 Å². The van der Waals surface area contributed by atoms with E-state index in [1.807, 2.05) is 0 Å². The summed E-state index contributed by atoms with van der Waals surface area (Å²) in [5.74, 6) is 0. The van der Waals surface area contributed by atoms with Crippen LogP contribution in [-0.2, 0) is 0 Å². The van der Waals surface area contributed by atoms with Gasteiger partial charge in [0.2, 0.25) is 0 Å². The molecule has 0 radical (unpaired) electrons. The first-order valence-corrected chi connectivity index (χ1v) is 5.09. The van der Waals surface area contributed by atoms with Gasteiger partial charge in [-0.05, 0) is 27.2 Å². The van der Waals surface area contributed by atoms with E-state index in [0.717, 1.165) is 19.5 Å². The average Bonchev–Trinajstić information content (AvgIpc) is 2.03. The van der Waals surface area contributed by atoms with Crippen LogP contribution in [0.1, 0.15) is 34.1 Å². The van der Waals surface area contributed by atoms with Gasteiger partial charge in [0, 0.05) is 24.7 Å². The van der Waals surface area contributed by atoms with Crippen LogP contribution < -0.4 is 10.6 Å². The lowest BCUT2D eigenvalue weighted by molar-refractivity contribution is 0.238. The third-order valence-corrected chi connectivity index (χ3v) is 1.93. The molecule has 0 heterocycles. The molecule has 0 saturated carbocycles. The third kappa shape index (κ3) is 8.22. The Morgan fingerprint density at radius 2 is 1.85 bits per heavy atom. The Bertz CT molecular complexity index is 117. The predicted octanol–water partition coefficient (Wildman–Crippen LogP) is 0.735. The van der Waals surface area contributed by atoms with Gasteiger partial charge in [-0.15, -0.1) is 0 Å². The van der Waals surface area contributed by atoms with Crippen LogP contribution in [0.15, 0.2) is 0 Å². The summed E-state index contributed by atoms with van der Waals surface area (Å²) in [5, 5.41) is 15.6. The van der Waals surface area contributed by atoms with Crippen LogP contribution in [0, 0.1) is 0 Å². The molecular weight excluding hydrogens is 164 g/mol. The fraction of sp³-hybridized carbons (Fsp3) is 1.00. The summed E-state index contributed by atoms with van der Waals surface area (Å²) in [4.78, 5) is 0. The van der Waals surface area contributed by atoms with Gasteiger partial charge >= 0.3 is 0 Å². The Balaban J connectivity index is 3.34. The van der Waals surface area contributed by atoms with Gasteiger partial charge in [0.15, 0.2) is 0 Å². The lowest BCUT2D eigenvalue weighted by Crippen LogP contribution is -2.43. The summed E-state index contributed by atoms with van der Waals surface area (Å²) in [5.41, 5.74) is 0.183. The molecule has 0 aliphatic carbocycles. The maximum atomic E-state index is 8.90. The van der Waals surface area contributed by atoms with Crippen molar-refractivity contribution in [2.45, 2.75) is 45.7 Å². The van der Waals surface area contributed by atoms with E-state index >= 15 is 0 Å². The lowest BCUT2D eigenvalue weighted by Gasteiger charge is -2.21. The van der Waals surface area contributed by atoms with Gasteiger partial charge in [0.05, 0.1) is 6.61 Å². The van der Waals surface area contributed by atoms with Crippen LogP contribution in [0.3, 0.4) is 0 Å². The zero-order chi connectivity index (χ0) is 10.3. The molecule has 1 atom stereocenters. The Kier molecular flexibility index (Phi) is 6.29. The molecule has 3 N–H and O–H groups in total. The van der Waals surface area contributed by atoms with Crippen LogP contribution in [-0.4, -0.2) is 36.4 Å². The molecule has 80 valence electrons. The standard InChI is InChI=1S/C10H24N2O/c1-5-9(8-13)11-6-7-12-10(2,3)4/h9,11-13H,5-8H2,1-4H3/t9-/m1/s1. The molecule has 0 bridgehead atoms. The molecule has 0 saturated heterocycles. The van der Waals surface area contributed by atoms with Crippen molar-refractivity contribution in [3.63, 3.8) is 0 Å². The van der Waals surface area contributed by atoms with E-state index in [9.17, 15) is 0 Å². The Morgan fingerprint density at radius 1 is 1.23 bits per heavy atom. The van der Waals surface area contributed by atoms with Gasteiger partial charge in [-0.25, -0.2) is 0 Å². The molecule has 3 nitrogen and oxygen atoms in total. The average molecular weight is 188 g/mol. The molecule has 0 amide bonds. The van der Waals surface area contributed by atoms with Crippen molar-refractivity contribution in [3.8, 4) is 0 Å². The molecule has 0 unspecified atom stereocenters. The number of nitrogens with one attached hydrogen (secondary N) is 2. The number of hydrogen-bond donors (Lipinski definition) is 3. The smallest absolute Gasteiger partial charge is 0.0584 e. The van der Waals surface area contributed by atoms with Gasteiger partial charge in [-0.3, -0.25) is 0 Å². The van der Waals surface area contributed by atoms with Gasteiger partial charge < -0.3 is 15.7 Å². The molecule has 0 spiro atoms. The predicted molar refractivity (Wildman–Crippen MR) is 56.9 cm³/mol. The van der Waals surface area contributed by atoms with Crippen LogP contribution in [0.5, 0.6) is 0 Å². The molecular formula is C10H24N2O. The summed E-state index contributed by atoms with van der Waals surface area (Å²) in [6, 6.07) is 0.252. The first-order valence-electron chi connectivity index (χ1n) is 5.09. The fourth-order valence-electron chi connectivity index (χ4n) is 1.05. The van der Waals surface area contributed by atoms with E-state index in [2.05, 4.69) is 38.3 Å². The zero-order valence-electron chi connectivity index (χ0n) is 9.35. The second kappa shape index (κ2) is 6.35.